The second-order valence-electron chi connectivity index (χ2n) is 6.30. The van der Waals surface area contributed by atoms with Crippen LogP contribution in [0.25, 0.3) is 0 Å². The van der Waals surface area contributed by atoms with Gasteiger partial charge in [-0.1, -0.05) is 0 Å². The maximum atomic E-state index is 13.0. The normalized spacial score (nSPS) is 11.4. The van der Waals surface area contributed by atoms with Gasteiger partial charge in [0.05, 0.1) is 17.7 Å². The Morgan fingerprint density at radius 3 is 2.35 bits per heavy atom. The summed E-state index contributed by atoms with van der Waals surface area (Å²) in [6.07, 6.45) is 1.30. The Morgan fingerprint density at radius 1 is 1.06 bits per heavy atom. The van der Waals surface area contributed by atoms with Crippen LogP contribution in [0, 0.1) is 5.82 Å². The zero-order chi connectivity index (χ0) is 22.9. The van der Waals surface area contributed by atoms with Crippen LogP contribution in [0.3, 0.4) is 0 Å². The molecule has 0 fully saturated rings. The molecule has 0 aliphatic heterocycles. The topological polar surface area (TPSA) is 97.3 Å². The van der Waals surface area contributed by atoms with Crippen LogP contribution in [0.2, 0.25) is 0 Å². The zero-order valence-electron chi connectivity index (χ0n) is 17.7. The smallest absolute Gasteiger partial charge is 0.276 e. The van der Waals surface area contributed by atoms with Crippen LogP contribution in [0.15, 0.2) is 52.5 Å². The van der Waals surface area contributed by atoms with Crippen molar-refractivity contribution in [1.82, 2.24) is 9.73 Å². The van der Waals surface area contributed by atoms with Gasteiger partial charge in [0.15, 0.2) is 18.1 Å². The summed E-state index contributed by atoms with van der Waals surface area (Å²) in [4.78, 5) is 15.8. The molecular weight excluding hydrogens is 425 g/mol. The Hall–Kier alpha value is -3.14. The summed E-state index contributed by atoms with van der Waals surface area (Å²) in [5.41, 5.74) is 0.549. The van der Waals surface area contributed by atoms with Gasteiger partial charge in [-0.3, -0.25) is 4.79 Å². The third kappa shape index (κ3) is 6.95. The minimum Gasteiger partial charge on any atom is -0.490 e. The van der Waals surface area contributed by atoms with E-state index in [2.05, 4.69) is 9.93 Å². The number of amides is 1. The average Bonchev–Trinajstić information content (AvgIpc) is 2.74. The van der Waals surface area contributed by atoms with E-state index in [1.807, 2.05) is 20.8 Å². The molecule has 0 saturated heterocycles. The first-order valence-electron chi connectivity index (χ1n) is 9.78. The number of nitrogens with zero attached hydrogens (tertiary/aromatic N) is 2. The Balaban J connectivity index is 2.09. The Morgan fingerprint density at radius 2 is 1.74 bits per heavy atom. The molecule has 0 spiro atoms. The van der Waals surface area contributed by atoms with Gasteiger partial charge in [0, 0.05) is 13.1 Å². The molecule has 0 saturated carbocycles. The summed E-state index contributed by atoms with van der Waals surface area (Å²) in [6.45, 7) is 7.05. The van der Waals surface area contributed by atoms with Gasteiger partial charge in [-0.2, -0.15) is 13.5 Å². The zero-order valence-corrected chi connectivity index (χ0v) is 18.5. The first-order chi connectivity index (χ1) is 14.8. The number of nitrogens with one attached hydrogen (secondary N) is 1. The number of hydrogen-bond acceptors (Lipinski definition) is 6. The van der Waals surface area contributed by atoms with Gasteiger partial charge in [-0.25, -0.2) is 9.22 Å². The molecular formula is C21H26FN3O5S. The highest BCUT2D eigenvalue weighted by molar-refractivity contribution is 7.89. The molecule has 10 heteroatoms. The highest BCUT2D eigenvalue weighted by Gasteiger charge is 2.14. The van der Waals surface area contributed by atoms with Gasteiger partial charge >= 0.3 is 0 Å². The molecule has 0 heterocycles. The first kappa shape index (κ1) is 24.1. The quantitative estimate of drug-likeness (QED) is 0.419. The lowest BCUT2D eigenvalue weighted by molar-refractivity contribution is -0.133. The van der Waals surface area contributed by atoms with Crippen LogP contribution in [-0.2, 0) is 14.8 Å². The Labute approximate surface area is 181 Å². The molecule has 0 aliphatic carbocycles. The van der Waals surface area contributed by atoms with Gasteiger partial charge in [0.2, 0.25) is 0 Å². The molecule has 31 heavy (non-hydrogen) atoms. The van der Waals surface area contributed by atoms with Crippen molar-refractivity contribution in [3.63, 3.8) is 0 Å². The fourth-order valence-corrected chi connectivity index (χ4v) is 3.43. The molecule has 8 nitrogen and oxygen atoms in total. The predicted octanol–water partition coefficient (Wildman–Crippen LogP) is 2.78. The van der Waals surface area contributed by atoms with Crippen LogP contribution in [0.5, 0.6) is 11.5 Å². The molecule has 0 radical (unpaired) electrons. The fraction of sp³-hybridized carbons (Fsp3) is 0.333. The van der Waals surface area contributed by atoms with E-state index in [1.165, 1.54) is 6.21 Å². The van der Waals surface area contributed by atoms with Crippen LogP contribution in [-0.4, -0.2) is 51.7 Å². The van der Waals surface area contributed by atoms with E-state index in [4.69, 9.17) is 9.47 Å². The lowest BCUT2D eigenvalue weighted by atomic mass is 10.2. The fourth-order valence-electron chi connectivity index (χ4n) is 2.64. The Kier molecular flexibility index (Phi) is 8.80. The second kappa shape index (κ2) is 11.3. The summed E-state index contributed by atoms with van der Waals surface area (Å²) in [5, 5.41) is 3.75. The van der Waals surface area contributed by atoms with Crippen molar-refractivity contribution < 1.29 is 27.1 Å². The number of hydrogen-bond donors (Lipinski definition) is 1. The number of carbonyl (C=O) groups is 1. The number of likely N-dealkylation sites (N-methyl/N-ethyl adjacent to an activating group) is 1. The van der Waals surface area contributed by atoms with Crippen molar-refractivity contribution in [3.8, 4) is 11.5 Å². The average molecular weight is 452 g/mol. The van der Waals surface area contributed by atoms with Crippen LogP contribution in [0.4, 0.5) is 4.39 Å². The van der Waals surface area contributed by atoms with Crippen LogP contribution >= 0.6 is 0 Å². The summed E-state index contributed by atoms with van der Waals surface area (Å²) in [6, 6.07) is 9.28. The number of carbonyl (C=O) groups excluding carboxylic acids is 1. The van der Waals surface area contributed by atoms with E-state index >= 15 is 0 Å². The molecule has 0 unspecified atom stereocenters. The third-order valence-electron chi connectivity index (χ3n) is 4.25. The summed E-state index contributed by atoms with van der Waals surface area (Å²) in [5.74, 6) is 0.131. The number of rotatable bonds is 11. The summed E-state index contributed by atoms with van der Waals surface area (Å²) >= 11 is 0. The lowest BCUT2D eigenvalue weighted by Gasteiger charge is -2.19. The SMILES string of the molecule is CCOc1cc(/C=N/NS(=O)(=O)c2ccc(F)cc2)ccc1OCC(=O)N(CC)CC. The monoisotopic (exact) mass is 451 g/mol. The molecule has 168 valence electrons. The van der Waals surface area contributed by atoms with Crippen LogP contribution in [0.1, 0.15) is 26.3 Å². The van der Waals surface area contributed by atoms with E-state index in [0.717, 1.165) is 24.3 Å². The molecule has 0 atom stereocenters. The van der Waals surface area contributed by atoms with E-state index in [0.29, 0.717) is 36.8 Å². The molecule has 0 aromatic heterocycles. The maximum absolute atomic E-state index is 13.0. The number of halogens is 1. The van der Waals surface area contributed by atoms with Gasteiger partial charge in [0.25, 0.3) is 15.9 Å². The third-order valence-corrected chi connectivity index (χ3v) is 5.48. The molecule has 1 amide bonds. The second-order valence-corrected chi connectivity index (χ2v) is 7.96. The van der Waals surface area contributed by atoms with Gasteiger partial charge in [0.1, 0.15) is 5.82 Å². The maximum Gasteiger partial charge on any atom is 0.276 e. The summed E-state index contributed by atoms with van der Waals surface area (Å²) < 4.78 is 48.5. The first-order valence-corrected chi connectivity index (χ1v) is 11.3. The van der Waals surface area contributed by atoms with Crippen molar-refractivity contribution in [2.75, 3.05) is 26.3 Å². The van der Waals surface area contributed by atoms with Crippen LogP contribution < -0.4 is 14.3 Å². The van der Waals surface area contributed by atoms with Gasteiger partial charge in [-0.05, 0) is 68.8 Å². The Bertz CT molecular complexity index is 1010. The lowest BCUT2D eigenvalue weighted by Crippen LogP contribution is -2.34. The summed E-state index contributed by atoms with van der Waals surface area (Å²) in [7, 11) is -3.92. The standard InChI is InChI=1S/C21H26FN3O5S/c1-4-25(5-2)21(26)15-30-19-12-7-16(13-20(19)29-6-3)14-23-24-31(27,28)18-10-8-17(22)9-11-18/h7-14,24H,4-6,15H2,1-3H3/b23-14+. The van der Waals surface area contributed by atoms with Gasteiger partial charge in [-0.15, -0.1) is 0 Å². The predicted molar refractivity (Wildman–Crippen MR) is 115 cm³/mol. The van der Waals surface area contributed by atoms with Crippen molar-refractivity contribution in [3.05, 3.63) is 53.8 Å². The molecule has 1 N–H and O–H groups in total. The number of hydrazone groups is 1. The van der Waals surface area contributed by atoms with E-state index in [9.17, 15) is 17.6 Å². The molecule has 0 bridgehead atoms. The van der Waals surface area contributed by atoms with E-state index < -0.39 is 15.8 Å². The molecule has 2 aromatic carbocycles. The molecule has 2 aromatic rings. The molecule has 2 rings (SSSR count). The minimum atomic E-state index is -3.92. The van der Waals surface area contributed by atoms with Crippen molar-refractivity contribution in [2.24, 2.45) is 5.10 Å². The highest BCUT2D eigenvalue weighted by atomic mass is 32.2. The van der Waals surface area contributed by atoms with E-state index in [-0.39, 0.29) is 17.4 Å². The van der Waals surface area contributed by atoms with E-state index in [1.54, 1.807) is 23.1 Å². The largest absolute Gasteiger partial charge is 0.490 e. The number of ether oxygens (including phenoxy) is 2. The van der Waals surface area contributed by atoms with Crippen molar-refractivity contribution >= 4 is 22.1 Å². The van der Waals surface area contributed by atoms with Crippen molar-refractivity contribution in [2.45, 2.75) is 25.7 Å². The minimum absolute atomic E-state index is 0.109. The van der Waals surface area contributed by atoms with Crippen molar-refractivity contribution in [1.29, 1.82) is 0 Å². The highest BCUT2D eigenvalue weighted by Crippen LogP contribution is 2.28. The van der Waals surface area contributed by atoms with Gasteiger partial charge < -0.3 is 14.4 Å². The number of sulfonamides is 1. The number of benzene rings is 2. The molecule has 0 aliphatic rings.